The van der Waals surface area contributed by atoms with E-state index in [9.17, 15) is 9.90 Å². The van der Waals surface area contributed by atoms with Crippen molar-refractivity contribution in [1.82, 2.24) is 0 Å². The van der Waals surface area contributed by atoms with Gasteiger partial charge in [0.25, 0.3) is 0 Å². The Hall–Kier alpha value is -3.65. The molecule has 4 rings (SSSR count). The van der Waals surface area contributed by atoms with Gasteiger partial charge in [0.1, 0.15) is 0 Å². The zero-order chi connectivity index (χ0) is 18.9. The van der Waals surface area contributed by atoms with E-state index in [1.807, 2.05) is 48.5 Å². The van der Waals surface area contributed by atoms with Crippen molar-refractivity contribution >= 4 is 5.97 Å². The van der Waals surface area contributed by atoms with Crippen LogP contribution in [0.15, 0.2) is 115 Å². The molecule has 0 heterocycles. The third-order valence-electron chi connectivity index (χ3n) is 4.11. The Kier molecular flexibility index (Phi) is 6.16. The van der Waals surface area contributed by atoms with Crippen molar-refractivity contribution in [2.24, 2.45) is 0 Å². The van der Waals surface area contributed by atoms with Crippen molar-refractivity contribution in [2.45, 2.75) is 0 Å². The first kappa shape index (κ1) is 18.2. The summed E-state index contributed by atoms with van der Waals surface area (Å²) in [5.74, 6) is -1.14. The van der Waals surface area contributed by atoms with E-state index in [1.165, 1.54) is 11.1 Å². The quantitative estimate of drug-likeness (QED) is 0.517. The van der Waals surface area contributed by atoms with Crippen LogP contribution >= 0.6 is 0 Å². The summed E-state index contributed by atoms with van der Waals surface area (Å²) in [5, 5.41) is 10.9. The number of hydrogen-bond acceptors (Lipinski definition) is 2. The SMILES string of the molecule is O=C([O-])c1ccccc1-c1ccccc1.c1ccc(-c2ccccc2)cc1. The summed E-state index contributed by atoms with van der Waals surface area (Å²) in [6.07, 6.45) is 0. The van der Waals surface area contributed by atoms with Gasteiger partial charge in [0.15, 0.2) is 0 Å². The molecule has 132 valence electrons. The van der Waals surface area contributed by atoms with Crippen LogP contribution in [-0.4, -0.2) is 5.97 Å². The van der Waals surface area contributed by atoms with Gasteiger partial charge in [0.2, 0.25) is 0 Å². The molecular formula is C25H19O2-. The Morgan fingerprint density at radius 2 is 0.852 bits per heavy atom. The third kappa shape index (κ3) is 4.93. The van der Waals surface area contributed by atoms with Gasteiger partial charge in [-0.15, -0.1) is 0 Å². The van der Waals surface area contributed by atoms with E-state index in [-0.39, 0.29) is 5.56 Å². The number of carboxylic acid groups (broad SMARTS) is 1. The van der Waals surface area contributed by atoms with E-state index in [2.05, 4.69) is 48.5 Å². The van der Waals surface area contributed by atoms with E-state index in [1.54, 1.807) is 18.2 Å². The second-order valence-corrected chi connectivity index (χ2v) is 5.93. The predicted octanol–water partition coefficient (Wildman–Crippen LogP) is 5.07. The zero-order valence-electron chi connectivity index (χ0n) is 14.8. The number of carbonyl (C=O) groups is 1. The van der Waals surface area contributed by atoms with Crippen LogP contribution < -0.4 is 5.11 Å². The first-order valence-corrected chi connectivity index (χ1v) is 8.72. The molecule has 0 aliphatic carbocycles. The Morgan fingerprint density at radius 1 is 0.481 bits per heavy atom. The zero-order valence-corrected chi connectivity index (χ0v) is 14.8. The van der Waals surface area contributed by atoms with Gasteiger partial charge in [0, 0.05) is 5.56 Å². The lowest BCUT2D eigenvalue weighted by Gasteiger charge is -2.09. The average molecular weight is 351 g/mol. The van der Waals surface area contributed by atoms with Crippen LogP contribution in [0.2, 0.25) is 0 Å². The van der Waals surface area contributed by atoms with Gasteiger partial charge in [-0.25, -0.2) is 0 Å². The molecular weight excluding hydrogens is 332 g/mol. The molecule has 0 atom stereocenters. The number of benzene rings is 4. The molecule has 0 bridgehead atoms. The Bertz CT molecular complexity index is 941. The molecule has 0 aliphatic rings. The van der Waals surface area contributed by atoms with Crippen LogP contribution in [0.3, 0.4) is 0 Å². The lowest BCUT2D eigenvalue weighted by molar-refractivity contribution is -0.254. The molecule has 2 nitrogen and oxygen atoms in total. The highest BCUT2D eigenvalue weighted by molar-refractivity contribution is 5.94. The van der Waals surface area contributed by atoms with Crippen molar-refractivity contribution in [2.75, 3.05) is 0 Å². The van der Waals surface area contributed by atoms with Gasteiger partial charge in [-0.3, -0.25) is 0 Å². The van der Waals surface area contributed by atoms with Crippen molar-refractivity contribution in [3.05, 3.63) is 121 Å². The molecule has 2 heteroatoms. The largest absolute Gasteiger partial charge is 0.545 e. The summed E-state index contributed by atoms with van der Waals surface area (Å²) in [6.45, 7) is 0. The second kappa shape index (κ2) is 9.16. The number of carboxylic acids is 1. The fraction of sp³-hybridized carbons (Fsp3) is 0. The van der Waals surface area contributed by atoms with Crippen molar-refractivity contribution in [3.8, 4) is 22.3 Å². The van der Waals surface area contributed by atoms with Crippen molar-refractivity contribution < 1.29 is 9.90 Å². The van der Waals surface area contributed by atoms with Gasteiger partial charge in [-0.1, -0.05) is 115 Å². The highest BCUT2D eigenvalue weighted by atomic mass is 16.4. The number of hydrogen-bond donors (Lipinski definition) is 0. The minimum atomic E-state index is -1.14. The minimum absolute atomic E-state index is 0.226. The van der Waals surface area contributed by atoms with Crippen LogP contribution in [0.5, 0.6) is 0 Å². The van der Waals surface area contributed by atoms with E-state index in [0.717, 1.165) is 5.56 Å². The first-order valence-electron chi connectivity index (χ1n) is 8.72. The predicted molar refractivity (Wildman–Crippen MR) is 108 cm³/mol. The molecule has 0 fully saturated rings. The molecule has 0 aliphatic heterocycles. The van der Waals surface area contributed by atoms with Crippen molar-refractivity contribution in [3.63, 3.8) is 0 Å². The van der Waals surface area contributed by atoms with Crippen molar-refractivity contribution in [1.29, 1.82) is 0 Å². The van der Waals surface area contributed by atoms with E-state index in [4.69, 9.17) is 0 Å². The summed E-state index contributed by atoms with van der Waals surface area (Å²) < 4.78 is 0. The molecule has 0 amide bonds. The minimum Gasteiger partial charge on any atom is -0.545 e. The average Bonchev–Trinajstić information content (AvgIpc) is 2.76. The number of rotatable bonds is 3. The maximum atomic E-state index is 10.9. The van der Waals surface area contributed by atoms with Crippen LogP contribution in [-0.2, 0) is 0 Å². The van der Waals surface area contributed by atoms with Crippen LogP contribution in [0, 0.1) is 0 Å². The molecule has 0 spiro atoms. The normalized spacial score (nSPS) is 9.78. The highest BCUT2D eigenvalue weighted by Gasteiger charge is 2.03. The molecule has 0 unspecified atom stereocenters. The topological polar surface area (TPSA) is 40.1 Å². The summed E-state index contributed by atoms with van der Waals surface area (Å²) in [5.41, 5.74) is 4.36. The number of aromatic carboxylic acids is 1. The molecule has 0 saturated carbocycles. The van der Waals surface area contributed by atoms with Crippen LogP contribution in [0.1, 0.15) is 10.4 Å². The Morgan fingerprint density at radius 3 is 1.30 bits per heavy atom. The lowest BCUT2D eigenvalue weighted by atomic mass is 10.00. The summed E-state index contributed by atoms with van der Waals surface area (Å²) in [7, 11) is 0. The summed E-state index contributed by atoms with van der Waals surface area (Å²) >= 11 is 0. The monoisotopic (exact) mass is 351 g/mol. The maximum Gasteiger partial charge on any atom is 0.0721 e. The molecule has 0 saturated heterocycles. The van der Waals surface area contributed by atoms with Gasteiger partial charge in [0.05, 0.1) is 5.97 Å². The van der Waals surface area contributed by atoms with E-state index in [0.29, 0.717) is 5.56 Å². The maximum absolute atomic E-state index is 10.9. The standard InChI is InChI=1S/C13H10O2.C12H10/c14-13(15)12-9-5-4-8-11(12)10-6-2-1-3-7-10;1-3-7-11(8-4-1)12-9-5-2-6-10-12/h1-9H,(H,14,15);1-10H/p-1. The second-order valence-electron chi connectivity index (χ2n) is 5.93. The highest BCUT2D eigenvalue weighted by Crippen LogP contribution is 2.22. The van der Waals surface area contributed by atoms with Gasteiger partial charge in [-0.2, -0.15) is 0 Å². The van der Waals surface area contributed by atoms with E-state index >= 15 is 0 Å². The Labute approximate surface area is 159 Å². The smallest absolute Gasteiger partial charge is 0.0721 e. The van der Waals surface area contributed by atoms with E-state index < -0.39 is 5.97 Å². The third-order valence-corrected chi connectivity index (χ3v) is 4.11. The molecule has 4 aromatic carbocycles. The van der Waals surface area contributed by atoms with Gasteiger partial charge >= 0.3 is 0 Å². The lowest BCUT2D eigenvalue weighted by Crippen LogP contribution is -2.22. The summed E-state index contributed by atoms with van der Waals surface area (Å²) in [4.78, 5) is 10.9. The molecule has 4 aromatic rings. The van der Waals surface area contributed by atoms with Crippen LogP contribution in [0.4, 0.5) is 0 Å². The molecule has 0 N–H and O–H groups in total. The molecule has 27 heavy (non-hydrogen) atoms. The summed E-state index contributed by atoms with van der Waals surface area (Å²) in [6, 6.07) is 37.0. The first-order chi connectivity index (χ1) is 13.3. The fourth-order valence-corrected chi connectivity index (χ4v) is 2.79. The molecule has 0 radical (unpaired) electrons. The van der Waals surface area contributed by atoms with Crippen LogP contribution in [0.25, 0.3) is 22.3 Å². The number of carbonyl (C=O) groups excluding carboxylic acids is 1. The van der Waals surface area contributed by atoms with Gasteiger partial charge in [-0.05, 0) is 22.3 Å². The fourth-order valence-electron chi connectivity index (χ4n) is 2.79. The van der Waals surface area contributed by atoms with Gasteiger partial charge < -0.3 is 9.90 Å². The Balaban J connectivity index is 0.000000159. The molecule has 0 aromatic heterocycles.